The highest BCUT2D eigenvalue weighted by molar-refractivity contribution is 5.86. The minimum absolute atomic E-state index is 0.0457. The summed E-state index contributed by atoms with van der Waals surface area (Å²) < 4.78 is 10.5. The number of aliphatic hydroxyl groups excluding tert-OH is 1. The molecule has 2 amide bonds. The van der Waals surface area contributed by atoms with Crippen LogP contribution in [0.15, 0.2) is 55.6 Å². The molecular weight excluding hydrogens is 488 g/mol. The highest BCUT2D eigenvalue weighted by atomic mass is 16.6. The Morgan fingerprint density at radius 1 is 1.03 bits per heavy atom. The molecule has 0 aliphatic rings. The van der Waals surface area contributed by atoms with Crippen LogP contribution in [0.4, 0.5) is 0 Å². The Labute approximate surface area is 225 Å². The minimum atomic E-state index is -0.730. The Bertz CT molecular complexity index is 925. The van der Waals surface area contributed by atoms with Crippen LogP contribution >= 0.6 is 0 Å². The summed E-state index contributed by atoms with van der Waals surface area (Å²) in [5, 5.41) is 12.1. The molecule has 0 heterocycles. The maximum absolute atomic E-state index is 12.9. The van der Waals surface area contributed by atoms with Crippen molar-refractivity contribution in [3.05, 3.63) is 61.2 Å². The molecule has 0 aliphatic heterocycles. The molecule has 0 fully saturated rings. The van der Waals surface area contributed by atoms with Gasteiger partial charge in [0.1, 0.15) is 12.2 Å². The molecule has 0 saturated carbocycles. The van der Waals surface area contributed by atoms with Gasteiger partial charge in [0, 0.05) is 19.5 Å². The van der Waals surface area contributed by atoms with Gasteiger partial charge in [-0.3, -0.25) is 19.2 Å². The molecule has 0 bridgehead atoms. The quantitative estimate of drug-likeness (QED) is 0.180. The van der Waals surface area contributed by atoms with Crippen molar-refractivity contribution in [1.29, 1.82) is 0 Å². The summed E-state index contributed by atoms with van der Waals surface area (Å²) >= 11 is 0. The standard InChI is InChI=1S/C29H42N2O7/c1-6-11-23(19-25(33)31(16-17-32)21-22-13-9-8-10-14-22)27(35)30-15-18-37-28(36)24(12-7-2)20-26(34)38-29(3,4)5/h6-10,13-14,23-24,32H,1-2,11-12,15-21H2,3-5H3,(H,30,35)/t23-,24-/m1/s1. The first kappa shape index (κ1) is 32.6. The van der Waals surface area contributed by atoms with Gasteiger partial charge in [-0.05, 0) is 39.2 Å². The molecule has 1 aromatic rings. The van der Waals surface area contributed by atoms with Gasteiger partial charge in [0.25, 0.3) is 0 Å². The molecule has 0 aromatic heterocycles. The predicted molar refractivity (Wildman–Crippen MR) is 145 cm³/mol. The number of nitrogens with one attached hydrogen (secondary N) is 1. The van der Waals surface area contributed by atoms with Crippen molar-refractivity contribution in [2.24, 2.45) is 11.8 Å². The molecule has 210 valence electrons. The fraction of sp³-hybridized carbons (Fsp3) is 0.517. The van der Waals surface area contributed by atoms with Gasteiger partial charge >= 0.3 is 11.9 Å². The van der Waals surface area contributed by atoms with Gasteiger partial charge in [-0.2, -0.15) is 0 Å². The molecule has 38 heavy (non-hydrogen) atoms. The third-order valence-electron chi connectivity index (χ3n) is 5.45. The average molecular weight is 531 g/mol. The Kier molecular flexibility index (Phi) is 14.7. The number of carbonyl (C=O) groups excluding carboxylic acids is 4. The fourth-order valence-electron chi connectivity index (χ4n) is 3.68. The summed E-state index contributed by atoms with van der Waals surface area (Å²) in [5.41, 5.74) is 0.256. The van der Waals surface area contributed by atoms with Crippen molar-refractivity contribution in [1.82, 2.24) is 10.2 Å². The first-order valence-electron chi connectivity index (χ1n) is 12.8. The predicted octanol–water partition coefficient (Wildman–Crippen LogP) is 3.17. The van der Waals surface area contributed by atoms with Crippen molar-refractivity contribution in [2.75, 3.05) is 26.3 Å². The molecule has 0 unspecified atom stereocenters. The third kappa shape index (κ3) is 13.2. The Morgan fingerprint density at radius 2 is 1.66 bits per heavy atom. The Hall–Kier alpha value is -3.46. The van der Waals surface area contributed by atoms with E-state index >= 15 is 0 Å². The molecule has 9 heteroatoms. The zero-order valence-corrected chi connectivity index (χ0v) is 22.8. The van der Waals surface area contributed by atoms with E-state index in [9.17, 15) is 24.3 Å². The van der Waals surface area contributed by atoms with Crippen molar-refractivity contribution in [3.63, 3.8) is 0 Å². The summed E-state index contributed by atoms with van der Waals surface area (Å²) in [6.45, 7) is 12.8. The van der Waals surface area contributed by atoms with E-state index in [1.807, 2.05) is 30.3 Å². The van der Waals surface area contributed by atoms with Gasteiger partial charge in [0.15, 0.2) is 0 Å². The van der Waals surface area contributed by atoms with Gasteiger partial charge < -0.3 is 24.8 Å². The van der Waals surface area contributed by atoms with E-state index in [4.69, 9.17) is 9.47 Å². The summed E-state index contributed by atoms with van der Waals surface area (Å²) in [6, 6.07) is 9.40. The smallest absolute Gasteiger partial charge is 0.309 e. The molecule has 2 N–H and O–H groups in total. The fourth-order valence-corrected chi connectivity index (χ4v) is 3.68. The van der Waals surface area contributed by atoms with Gasteiger partial charge in [0.05, 0.1) is 31.4 Å². The summed E-state index contributed by atoms with van der Waals surface area (Å²) in [6.07, 6.45) is 3.45. The van der Waals surface area contributed by atoms with Gasteiger partial charge in [-0.25, -0.2) is 0 Å². The van der Waals surface area contributed by atoms with E-state index in [-0.39, 0.29) is 63.8 Å². The number of rotatable bonds is 17. The van der Waals surface area contributed by atoms with Gasteiger partial charge in [0.2, 0.25) is 11.8 Å². The second kappa shape index (κ2) is 17.1. The number of benzene rings is 1. The molecule has 0 spiro atoms. The lowest BCUT2D eigenvalue weighted by Gasteiger charge is -2.24. The third-order valence-corrected chi connectivity index (χ3v) is 5.45. The van der Waals surface area contributed by atoms with Crippen LogP contribution in [0, 0.1) is 11.8 Å². The van der Waals surface area contributed by atoms with Crippen LogP contribution < -0.4 is 5.32 Å². The van der Waals surface area contributed by atoms with Crippen LogP contribution in [0.1, 0.15) is 52.0 Å². The number of hydrogen-bond donors (Lipinski definition) is 2. The summed E-state index contributed by atoms with van der Waals surface area (Å²) in [7, 11) is 0. The van der Waals surface area contributed by atoms with E-state index < -0.39 is 29.4 Å². The maximum atomic E-state index is 12.9. The molecule has 0 aliphatic carbocycles. The molecule has 2 atom stereocenters. The maximum Gasteiger partial charge on any atom is 0.309 e. The first-order chi connectivity index (χ1) is 18.0. The van der Waals surface area contributed by atoms with Crippen LogP contribution in [-0.4, -0.2) is 65.7 Å². The second-order valence-corrected chi connectivity index (χ2v) is 9.92. The van der Waals surface area contributed by atoms with Crippen molar-refractivity contribution < 1.29 is 33.8 Å². The number of carbonyl (C=O) groups is 4. The molecule has 1 rings (SSSR count). The zero-order valence-electron chi connectivity index (χ0n) is 22.8. The second-order valence-electron chi connectivity index (χ2n) is 9.92. The lowest BCUT2D eigenvalue weighted by atomic mass is 9.99. The number of esters is 2. The van der Waals surface area contributed by atoms with Gasteiger partial charge in [-0.15, -0.1) is 13.2 Å². The molecular formula is C29H42N2O7. The number of aliphatic hydroxyl groups is 1. The Morgan fingerprint density at radius 3 is 2.24 bits per heavy atom. The van der Waals surface area contributed by atoms with Crippen molar-refractivity contribution >= 4 is 23.8 Å². The number of ether oxygens (including phenoxy) is 2. The van der Waals surface area contributed by atoms with Crippen LogP contribution in [0.25, 0.3) is 0 Å². The molecule has 0 radical (unpaired) electrons. The molecule has 9 nitrogen and oxygen atoms in total. The van der Waals surface area contributed by atoms with Gasteiger partial charge in [-0.1, -0.05) is 42.5 Å². The van der Waals surface area contributed by atoms with Crippen LogP contribution in [-0.2, 0) is 35.2 Å². The lowest BCUT2D eigenvalue weighted by molar-refractivity contribution is -0.161. The summed E-state index contributed by atoms with van der Waals surface area (Å²) in [5.74, 6) is -3.10. The number of allylic oxidation sites excluding steroid dienone is 2. The monoisotopic (exact) mass is 530 g/mol. The molecule has 1 aromatic carbocycles. The van der Waals surface area contributed by atoms with E-state index in [1.54, 1.807) is 26.8 Å². The van der Waals surface area contributed by atoms with E-state index in [1.165, 1.54) is 11.0 Å². The highest BCUT2D eigenvalue weighted by Crippen LogP contribution is 2.17. The topological polar surface area (TPSA) is 122 Å². The van der Waals surface area contributed by atoms with E-state index in [0.717, 1.165) is 5.56 Å². The largest absolute Gasteiger partial charge is 0.464 e. The average Bonchev–Trinajstić information content (AvgIpc) is 2.85. The Balaban J connectivity index is 2.62. The lowest BCUT2D eigenvalue weighted by Crippen LogP contribution is -2.39. The number of amides is 2. The zero-order chi connectivity index (χ0) is 28.6. The summed E-state index contributed by atoms with van der Waals surface area (Å²) in [4.78, 5) is 51.8. The first-order valence-corrected chi connectivity index (χ1v) is 12.8. The van der Waals surface area contributed by atoms with Crippen LogP contribution in [0.3, 0.4) is 0 Å². The van der Waals surface area contributed by atoms with E-state index in [2.05, 4.69) is 18.5 Å². The van der Waals surface area contributed by atoms with Crippen LogP contribution in [0.2, 0.25) is 0 Å². The number of nitrogens with zero attached hydrogens (tertiary/aromatic N) is 1. The van der Waals surface area contributed by atoms with Crippen molar-refractivity contribution in [2.45, 2.75) is 58.6 Å². The number of hydrogen-bond acceptors (Lipinski definition) is 7. The van der Waals surface area contributed by atoms with Crippen molar-refractivity contribution in [3.8, 4) is 0 Å². The minimum Gasteiger partial charge on any atom is -0.464 e. The molecule has 0 saturated heterocycles. The normalized spacial score (nSPS) is 12.5. The highest BCUT2D eigenvalue weighted by Gasteiger charge is 2.27. The van der Waals surface area contributed by atoms with Crippen LogP contribution in [0.5, 0.6) is 0 Å². The van der Waals surface area contributed by atoms with E-state index in [0.29, 0.717) is 6.54 Å². The SMILES string of the molecule is C=CC[C@H](CC(=O)N(CCO)Cc1ccccc1)C(=O)NCCOC(=O)[C@H](CC=C)CC(=O)OC(C)(C)C.